The van der Waals surface area contributed by atoms with Gasteiger partial charge in [-0.25, -0.2) is 13.1 Å². The maximum atomic E-state index is 12.4. The third-order valence-electron chi connectivity index (χ3n) is 2.97. The zero-order valence-corrected chi connectivity index (χ0v) is 12.0. The van der Waals surface area contributed by atoms with E-state index in [1.165, 1.54) is 13.8 Å². The van der Waals surface area contributed by atoms with Gasteiger partial charge in [-0.3, -0.25) is 4.79 Å². The molecule has 0 bridgehead atoms. The minimum absolute atomic E-state index is 0.361. The van der Waals surface area contributed by atoms with Gasteiger partial charge in [-0.15, -0.1) is 0 Å². The number of rotatable bonds is 5. The van der Waals surface area contributed by atoms with Crippen LogP contribution in [0.5, 0.6) is 0 Å². The van der Waals surface area contributed by atoms with Crippen LogP contribution >= 0.6 is 0 Å². The normalized spacial score (nSPS) is 15.5. The number of benzene rings is 1. The summed E-state index contributed by atoms with van der Waals surface area (Å²) in [6.45, 7) is 2.68. The molecule has 118 valence electrons. The van der Waals surface area contributed by atoms with Gasteiger partial charge in [0.2, 0.25) is 10.0 Å². The maximum Gasteiger partial charge on any atom is 0.416 e. The van der Waals surface area contributed by atoms with Gasteiger partial charge in [-0.2, -0.15) is 13.2 Å². The third-order valence-corrected chi connectivity index (χ3v) is 4.55. The van der Waals surface area contributed by atoms with E-state index >= 15 is 0 Å². The zero-order chi connectivity index (χ0) is 16.4. The zero-order valence-electron chi connectivity index (χ0n) is 11.2. The van der Waals surface area contributed by atoms with Crippen molar-refractivity contribution in [1.29, 1.82) is 0 Å². The van der Waals surface area contributed by atoms with Crippen molar-refractivity contribution in [2.45, 2.75) is 31.0 Å². The number of aliphatic carboxylic acids is 1. The molecule has 1 aromatic rings. The molecular formula is C12H14F3NO4S. The van der Waals surface area contributed by atoms with E-state index in [0.717, 1.165) is 12.1 Å². The molecule has 1 rings (SSSR count). The first-order chi connectivity index (χ1) is 9.45. The van der Waals surface area contributed by atoms with Crippen LogP contribution in [-0.4, -0.2) is 25.5 Å². The predicted octanol–water partition coefficient (Wildman–Crippen LogP) is 2.09. The fourth-order valence-corrected chi connectivity index (χ4v) is 2.78. The second-order valence-electron chi connectivity index (χ2n) is 4.56. The van der Waals surface area contributed by atoms with Gasteiger partial charge in [0.05, 0.1) is 16.4 Å². The monoisotopic (exact) mass is 325 g/mol. The highest BCUT2D eigenvalue weighted by Gasteiger charge is 2.31. The van der Waals surface area contributed by atoms with Gasteiger partial charge >= 0.3 is 12.1 Å². The molecule has 0 radical (unpaired) electrons. The SMILES string of the molecule is CC(NS(=O)(=O)c1ccc(C(F)(F)F)cc1)C(C)C(=O)O. The van der Waals surface area contributed by atoms with Crippen LogP contribution in [0.3, 0.4) is 0 Å². The lowest BCUT2D eigenvalue weighted by Crippen LogP contribution is -2.39. The molecule has 2 atom stereocenters. The van der Waals surface area contributed by atoms with Crippen LogP contribution in [0.1, 0.15) is 19.4 Å². The van der Waals surface area contributed by atoms with Crippen LogP contribution in [0.2, 0.25) is 0 Å². The highest BCUT2D eigenvalue weighted by molar-refractivity contribution is 7.89. The predicted molar refractivity (Wildman–Crippen MR) is 68.0 cm³/mol. The van der Waals surface area contributed by atoms with Crippen LogP contribution in [0, 0.1) is 5.92 Å². The molecule has 1 aromatic carbocycles. The summed E-state index contributed by atoms with van der Waals surface area (Å²) < 4.78 is 63.2. The Hall–Kier alpha value is -1.61. The van der Waals surface area contributed by atoms with Gasteiger partial charge in [0, 0.05) is 6.04 Å². The highest BCUT2D eigenvalue weighted by atomic mass is 32.2. The molecule has 0 fully saturated rings. The van der Waals surface area contributed by atoms with Crippen molar-refractivity contribution in [2.75, 3.05) is 0 Å². The van der Waals surface area contributed by atoms with E-state index in [1.807, 2.05) is 0 Å². The standard InChI is InChI=1S/C12H14F3NO4S/c1-7(11(17)18)8(2)16-21(19,20)10-5-3-9(4-6-10)12(13,14)15/h3-8,16H,1-2H3,(H,17,18). The molecule has 0 spiro atoms. The molecule has 2 N–H and O–H groups in total. The Morgan fingerprint density at radius 3 is 2.05 bits per heavy atom. The Balaban J connectivity index is 2.96. The Morgan fingerprint density at radius 2 is 1.67 bits per heavy atom. The van der Waals surface area contributed by atoms with E-state index in [9.17, 15) is 26.4 Å². The number of halogens is 3. The molecule has 0 aliphatic heterocycles. The van der Waals surface area contributed by atoms with Gasteiger partial charge in [0.25, 0.3) is 0 Å². The second kappa shape index (κ2) is 6.02. The Morgan fingerprint density at radius 1 is 1.19 bits per heavy atom. The minimum atomic E-state index is -4.55. The first-order valence-corrected chi connectivity index (χ1v) is 7.36. The molecule has 0 amide bonds. The van der Waals surface area contributed by atoms with E-state index in [4.69, 9.17) is 5.11 Å². The summed E-state index contributed by atoms with van der Waals surface area (Å²) in [5.41, 5.74) is -0.964. The van der Waals surface area contributed by atoms with Crippen molar-refractivity contribution < 1.29 is 31.5 Å². The Bertz CT molecular complexity index is 610. The number of nitrogens with one attached hydrogen (secondary N) is 1. The highest BCUT2D eigenvalue weighted by Crippen LogP contribution is 2.29. The average molecular weight is 325 g/mol. The van der Waals surface area contributed by atoms with Crippen LogP contribution in [0.15, 0.2) is 29.2 Å². The van der Waals surface area contributed by atoms with Gasteiger partial charge in [0.1, 0.15) is 0 Å². The summed E-state index contributed by atoms with van der Waals surface area (Å²) in [5.74, 6) is -2.16. The summed E-state index contributed by atoms with van der Waals surface area (Å²) in [5, 5.41) is 8.79. The first kappa shape index (κ1) is 17.4. The average Bonchev–Trinajstić information content (AvgIpc) is 2.36. The van der Waals surface area contributed by atoms with Crippen LogP contribution in [0.4, 0.5) is 13.2 Å². The lowest BCUT2D eigenvalue weighted by atomic mass is 10.1. The molecule has 0 saturated heterocycles. The smallest absolute Gasteiger partial charge is 0.416 e. The number of hydrogen-bond acceptors (Lipinski definition) is 3. The van der Waals surface area contributed by atoms with Crippen LogP contribution in [0.25, 0.3) is 0 Å². The molecular weight excluding hydrogens is 311 g/mol. The fraction of sp³-hybridized carbons (Fsp3) is 0.417. The maximum absolute atomic E-state index is 12.4. The van der Waals surface area contributed by atoms with Gasteiger partial charge < -0.3 is 5.11 Å². The van der Waals surface area contributed by atoms with E-state index in [0.29, 0.717) is 12.1 Å². The minimum Gasteiger partial charge on any atom is -0.481 e. The van der Waals surface area contributed by atoms with Crippen molar-refractivity contribution in [3.63, 3.8) is 0 Å². The summed E-state index contributed by atoms with van der Waals surface area (Å²) in [7, 11) is -4.08. The van der Waals surface area contributed by atoms with Gasteiger partial charge in [-0.1, -0.05) is 6.92 Å². The molecule has 0 aliphatic carbocycles. The largest absolute Gasteiger partial charge is 0.481 e. The van der Waals surface area contributed by atoms with Crippen molar-refractivity contribution in [3.8, 4) is 0 Å². The summed E-state index contributed by atoms with van der Waals surface area (Å²) in [6.07, 6.45) is -4.55. The molecule has 5 nitrogen and oxygen atoms in total. The first-order valence-electron chi connectivity index (χ1n) is 5.87. The van der Waals surface area contributed by atoms with Crippen molar-refractivity contribution in [3.05, 3.63) is 29.8 Å². The van der Waals surface area contributed by atoms with Crippen molar-refractivity contribution >= 4 is 16.0 Å². The molecule has 9 heteroatoms. The topological polar surface area (TPSA) is 83.5 Å². The third kappa shape index (κ3) is 4.43. The molecule has 0 heterocycles. The van der Waals surface area contributed by atoms with Crippen LogP contribution < -0.4 is 4.72 Å². The lowest BCUT2D eigenvalue weighted by molar-refractivity contribution is -0.141. The van der Waals surface area contributed by atoms with E-state index < -0.39 is 39.7 Å². The van der Waals surface area contributed by atoms with Crippen molar-refractivity contribution in [1.82, 2.24) is 4.72 Å². The quantitative estimate of drug-likeness (QED) is 0.868. The number of carbonyl (C=O) groups is 1. The number of sulfonamides is 1. The summed E-state index contributed by atoms with van der Waals surface area (Å²) in [4.78, 5) is 10.4. The Kier molecular flexibility index (Phi) is 5.00. The van der Waals surface area contributed by atoms with Crippen molar-refractivity contribution in [2.24, 2.45) is 5.92 Å². The van der Waals surface area contributed by atoms with E-state index in [1.54, 1.807) is 0 Å². The van der Waals surface area contributed by atoms with E-state index in [-0.39, 0.29) is 4.90 Å². The van der Waals surface area contributed by atoms with E-state index in [2.05, 4.69) is 4.72 Å². The molecule has 2 unspecified atom stereocenters. The second-order valence-corrected chi connectivity index (χ2v) is 6.27. The molecule has 21 heavy (non-hydrogen) atoms. The molecule has 0 saturated carbocycles. The number of carboxylic acids is 1. The number of alkyl halides is 3. The Labute approximate surface area is 119 Å². The van der Waals surface area contributed by atoms with Gasteiger partial charge in [-0.05, 0) is 31.2 Å². The summed E-state index contributed by atoms with van der Waals surface area (Å²) >= 11 is 0. The molecule has 0 aromatic heterocycles. The fourth-order valence-electron chi connectivity index (χ4n) is 1.45. The molecule has 0 aliphatic rings. The van der Waals surface area contributed by atoms with Gasteiger partial charge in [0.15, 0.2) is 0 Å². The lowest BCUT2D eigenvalue weighted by Gasteiger charge is -2.18. The number of hydrogen-bond donors (Lipinski definition) is 2. The summed E-state index contributed by atoms with van der Waals surface area (Å²) in [6, 6.07) is 2.04. The number of carboxylic acid groups (broad SMARTS) is 1. The van der Waals surface area contributed by atoms with Crippen LogP contribution in [-0.2, 0) is 21.0 Å².